The minimum absolute atomic E-state index is 0.0276. The molecule has 14 heavy (non-hydrogen) atoms. The van der Waals surface area contributed by atoms with Gasteiger partial charge in [0.2, 0.25) is 5.60 Å². The van der Waals surface area contributed by atoms with Crippen molar-refractivity contribution in [3.8, 4) is 0 Å². The van der Waals surface area contributed by atoms with E-state index in [1.807, 2.05) is 13.8 Å². The molecule has 0 radical (unpaired) electrons. The zero-order valence-electron chi connectivity index (χ0n) is 8.62. The summed E-state index contributed by atoms with van der Waals surface area (Å²) >= 11 is 0. The number of fused-ring (bicyclic) bond motifs is 1. The Labute approximate surface area is 82.6 Å². The van der Waals surface area contributed by atoms with Crippen molar-refractivity contribution in [1.29, 1.82) is 0 Å². The highest BCUT2D eigenvalue weighted by molar-refractivity contribution is 5.87. The average molecular weight is 198 g/mol. The molecular weight excluding hydrogens is 184 g/mol. The molecule has 0 N–H and O–H groups in total. The molecule has 0 unspecified atom stereocenters. The smallest absolute Gasteiger partial charge is 0.350 e. The average Bonchev–Trinajstić information content (AvgIpc) is 2.26. The Morgan fingerprint density at radius 1 is 1.29 bits per heavy atom. The lowest BCUT2D eigenvalue weighted by molar-refractivity contribution is -0.188. The molecule has 2 rings (SSSR count). The highest BCUT2D eigenvalue weighted by atomic mass is 16.6. The molecule has 78 valence electrons. The zero-order valence-corrected chi connectivity index (χ0v) is 8.62. The molecule has 0 aromatic heterocycles. The molecule has 4 nitrogen and oxygen atoms in total. The molecule has 0 aromatic rings. The van der Waals surface area contributed by atoms with Crippen molar-refractivity contribution in [3.05, 3.63) is 0 Å². The van der Waals surface area contributed by atoms with Gasteiger partial charge in [0.25, 0.3) is 0 Å². The summed E-state index contributed by atoms with van der Waals surface area (Å²) in [6.45, 7) is 5.94. The summed E-state index contributed by atoms with van der Waals surface area (Å²) in [5.74, 6) is -0.753. The van der Waals surface area contributed by atoms with Crippen LogP contribution in [0.3, 0.4) is 0 Å². The molecule has 2 fully saturated rings. The van der Waals surface area contributed by atoms with Crippen LogP contribution < -0.4 is 0 Å². The van der Waals surface area contributed by atoms with E-state index in [1.165, 1.54) is 0 Å². The van der Waals surface area contributed by atoms with Gasteiger partial charge in [-0.1, -0.05) is 13.8 Å². The fraction of sp³-hybridized carbons (Fsp3) is 0.800. The Kier molecular flexibility index (Phi) is 1.69. The number of esters is 2. The standard InChI is InChI=1S/C10H14O4/c1-9(2)4-7(11)14-10(3)6(9)5-13-8(10)12/h6H,4-5H2,1-3H3/t6-,10-/m1/s1. The van der Waals surface area contributed by atoms with Crippen LogP contribution in [0.4, 0.5) is 0 Å². The van der Waals surface area contributed by atoms with Crippen LogP contribution in [-0.2, 0) is 19.1 Å². The Morgan fingerprint density at radius 2 is 1.93 bits per heavy atom. The molecule has 0 saturated carbocycles. The third-order valence-electron chi connectivity index (χ3n) is 3.32. The first kappa shape index (κ1) is 9.49. The molecule has 4 heteroatoms. The third kappa shape index (κ3) is 1.06. The second kappa shape index (κ2) is 2.49. The number of ether oxygens (including phenoxy) is 2. The number of cyclic esters (lactones) is 1. The van der Waals surface area contributed by atoms with Crippen LogP contribution in [0, 0.1) is 11.3 Å². The van der Waals surface area contributed by atoms with E-state index in [2.05, 4.69) is 0 Å². The molecule has 2 heterocycles. The summed E-state index contributed by atoms with van der Waals surface area (Å²) in [7, 11) is 0. The summed E-state index contributed by atoms with van der Waals surface area (Å²) in [5.41, 5.74) is -1.28. The van der Waals surface area contributed by atoms with Gasteiger partial charge in [-0.3, -0.25) is 4.79 Å². The van der Waals surface area contributed by atoms with Gasteiger partial charge in [-0.2, -0.15) is 0 Å². The number of rotatable bonds is 0. The van der Waals surface area contributed by atoms with Crippen molar-refractivity contribution in [1.82, 2.24) is 0 Å². The van der Waals surface area contributed by atoms with E-state index >= 15 is 0 Å². The van der Waals surface area contributed by atoms with Gasteiger partial charge in [-0.25, -0.2) is 4.79 Å². The minimum Gasteiger partial charge on any atom is -0.462 e. The third-order valence-corrected chi connectivity index (χ3v) is 3.32. The van der Waals surface area contributed by atoms with E-state index in [4.69, 9.17) is 9.47 Å². The van der Waals surface area contributed by atoms with Crippen molar-refractivity contribution < 1.29 is 19.1 Å². The van der Waals surface area contributed by atoms with Gasteiger partial charge < -0.3 is 9.47 Å². The zero-order chi connectivity index (χ0) is 10.6. The predicted molar refractivity (Wildman–Crippen MR) is 47.3 cm³/mol. The van der Waals surface area contributed by atoms with Gasteiger partial charge in [0, 0.05) is 5.92 Å². The van der Waals surface area contributed by atoms with Crippen molar-refractivity contribution >= 4 is 11.9 Å². The first-order valence-electron chi connectivity index (χ1n) is 4.75. The monoisotopic (exact) mass is 198 g/mol. The topological polar surface area (TPSA) is 52.6 Å². The van der Waals surface area contributed by atoms with Gasteiger partial charge in [0.1, 0.15) is 0 Å². The van der Waals surface area contributed by atoms with Crippen LogP contribution in [0.2, 0.25) is 0 Å². The summed E-state index contributed by atoms with van der Waals surface area (Å²) in [5, 5.41) is 0. The van der Waals surface area contributed by atoms with Crippen LogP contribution in [0.5, 0.6) is 0 Å². The lowest BCUT2D eigenvalue weighted by Gasteiger charge is -2.42. The highest BCUT2D eigenvalue weighted by Crippen LogP contribution is 2.48. The summed E-state index contributed by atoms with van der Waals surface area (Å²) in [6.07, 6.45) is 0.351. The van der Waals surface area contributed by atoms with E-state index in [9.17, 15) is 9.59 Å². The molecule has 2 aliphatic rings. The van der Waals surface area contributed by atoms with Crippen molar-refractivity contribution in [2.24, 2.45) is 11.3 Å². The van der Waals surface area contributed by atoms with Crippen LogP contribution in [0.25, 0.3) is 0 Å². The van der Waals surface area contributed by atoms with E-state index in [1.54, 1.807) is 6.92 Å². The maximum atomic E-state index is 11.5. The summed E-state index contributed by atoms with van der Waals surface area (Å²) in [6, 6.07) is 0. The molecule has 0 spiro atoms. The van der Waals surface area contributed by atoms with E-state index in [0.717, 1.165) is 0 Å². The Balaban J connectivity index is 2.41. The molecule has 0 bridgehead atoms. The van der Waals surface area contributed by atoms with E-state index < -0.39 is 11.6 Å². The second-order valence-electron chi connectivity index (χ2n) is 4.90. The lowest BCUT2D eigenvalue weighted by Crippen LogP contribution is -2.53. The van der Waals surface area contributed by atoms with Crippen molar-refractivity contribution in [2.75, 3.05) is 6.61 Å². The second-order valence-corrected chi connectivity index (χ2v) is 4.90. The molecule has 0 aromatic carbocycles. The predicted octanol–water partition coefficient (Wildman–Crippen LogP) is 0.891. The van der Waals surface area contributed by atoms with Gasteiger partial charge in [-0.15, -0.1) is 0 Å². The molecule has 0 amide bonds. The van der Waals surface area contributed by atoms with Crippen molar-refractivity contribution in [2.45, 2.75) is 32.8 Å². The summed E-state index contributed by atoms with van der Waals surface area (Å²) < 4.78 is 10.1. The molecular formula is C10H14O4. The Hall–Kier alpha value is -1.06. The maximum absolute atomic E-state index is 11.5. The lowest BCUT2D eigenvalue weighted by atomic mass is 9.68. The molecule has 2 aliphatic heterocycles. The first-order chi connectivity index (χ1) is 6.36. The summed E-state index contributed by atoms with van der Waals surface area (Å²) in [4.78, 5) is 22.8. The van der Waals surface area contributed by atoms with Gasteiger partial charge in [0.05, 0.1) is 13.0 Å². The SMILES string of the molecule is CC1(C)CC(=O)O[C@@]2(C)C(=O)OC[C@H]12. The van der Waals surface area contributed by atoms with Gasteiger partial charge >= 0.3 is 11.9 Å². The van der Waals surface area contributed by atoms with Crippen molar-refractivity contribution in [3.63, 3.8) is 0 Å². The van der Waals surface area contributed by atoms with E-state index in [-0.39, 0.29) is 17.3 Å². The Morgan fingerprint density at radius 3 is 2.57 bits per heavy atom. The number of carbonyl (C=O) groups is 2. The fourth-order valence-electron chi connectivity index (χ4n) is 2.46. The molecule has 0 aliphatic carbocycles. The quantitative estimate of drug-likeness (QED) is 0.542. The normalized spacial score (nSPS) is 40.1. The first-order valence-corrected chi connectivity index (χ1v) is 4.75. The van der Waals surface area contributed by atoms with Crippen LogP contribution in [0.1, 0.15) is 27.2 Å². The van der Waals surface area contributed by atoms with Crippen LogP contribution in [-0.4, -0.2) is 24.1 Å². The Bertz CT molecular complexity index is 307. The molecule has 2 saturated heterocycles. The van der Waals surface area contributed by atoms with Gasteiger partial charge in [0.15, 0.2) is 0 Å². The van der Waals surface area contributed by atoms with Crippen LogP contribution >= 0.6 is 0 Å². The maximum Gasteiger partial charge on any atom is 0.350 e. The van der Waals surface area contributed by atoms with Gasteiger partial charge in [-0.05, 0) is 12.3 Å². The highest BCUT2D eigenvalue weighted by Gasteiger charge is 2.61. The minimum atomic E-state index is -1.06. The van der Waals surface area contributed by atoms with E-state index in [0.29, 0.717) is 13.0 Å². The number of hydrogen-bond donors (Lipinski definition) is 0. The molecule has 2 atom stereocenters. The van der Waals surface area contributed by atoms with Crippen LogP contribution in [0.15, 0.2) is 0 Å². The number of carbonyl (C=O) groups excluding carboxylic acids is 2. The number of hydrogen-bond acceptors (Lipinski definition) is 4. The fourth-order valence-corrected chi connectivity index (χ4v) is 2.46. The largest absolute Gasteiger partial charge is 0.462 e.